The van der Waals surface area contributed by atoms with Crippen molar-refractivity contribution in [2.24, 2.45) is 0 Å². The molecule has 0 aliphatic carbocycles. The monoisotopic (exact) mass is 237 g/mol. The summed E-state index contributed by atoms with van der Waals surface area (Å²) in [5.41, 5.74) is 8.59. The van der Waals surface area contributed by atoms with E-state index >= 15 is 0 Å². The van der Waals surface area contributed by atoms with Gasteiger partial charge in [-0.15, -0.1) is 0 Å². The highest BCUT2D eigenvalue weighted by Crippen LogP contribution is 2.25. The Morgan fingerprint density at radius 3 is 2.72 bits per heavy atom. The highest BCUT2D eigenvalue weighted by atomic mass is 15.3. The van der Waals surface area contributed by atoms with Gasteiger partial charge in [-0.05, 0) is 6.07 Å². The number of benzene rings is 1. The van der Waals surface area contributed by atoms with Gasteiger partial charge >= 0.3 is 0 Å². The normalized spacial score (nSPS) is 10.4. The summed E-state index contributed by atoms with van der Waals surface area (Å²) in [6, 6.07) is 7.69. The molecule has 1 aromatic carbocycles. The van der Waals surface area contributed by atoms with Crippen LogP contribution in [0.15, 0.2) is 55.2 Å². The summed E-state index contributed by atoms with van der Waals surface area (Å²) in [7, 11) is 0. The fourth-order valence-corrected chi connectivity index (χ4v) is 1.76. The highest BCUT2D eigenvalue weighted by Gasteiger charge is 2.06. The molecule has 3 aromatic rings. The van der Waals surface area contributed by atoms with Crippen LogP contribution in [-0.4, -0.2) is 19.7 Å². The van der Waals surface area contributed by atoms with Crippen LogP contribution >= 0.6 is 0 Å². The van der Waals surface area contributed by atoms with Gasteiger partial charge in [0.25, 0.3) is 0 Å². The number of nitrogens with two attached hydrogens (primary N) is 1. The molecule has 0 unspecified atom stereocenters. The first-order valence-electron chi connectivity index (χ1n) is 5.50. The molecule has 0 amide bonds. The smallest absolute Gasteiger partial charge is 0.171 e. The summed E-state index contributed by atoms with van der Waals surface area (Å²) in [6.45, 7) is 0. The number of nitrogens with zero attached hydrogens (tertiary/aromatic N) is 4. The lowest BCUT2D eigenvalue weighted by molar-refractivity contribution is 0.838. The van der Waals surface area contributed by atoms with E-state index in [2.05, 4.69) is 15.1 Å². The van der Waals surface area contributed by atoms with Crippen LogP contribution in [0.3, 0.4) is 0 Å². The minimum absolute atomic E-state index is 0.679. The lowest BCUT2D eigenvalue weighted by atomic mass is 10.1. The van der Waals surface area contributed by atoms with Gasteiger partial charge in [0, 0.05) is 35.4 Å². The standard InChI is InChI=1S/C13H11N5/c14-12-4-2-1-3-11(12)10-7-17-18(9-10)13-8-15-5-6-16-13/h1-9H,14H2. The van der Waals surface area contributed by atoms with Crippen LogP contribution < -0.4 is 5.73 Å². The number of rotatable bonds is 2. The second kappa shape index (κ2) is 4.29. The zero-order valence-corrected chi connectivity index (χ0v) is 9.56. The highest BCUT2D eigenvalue weighted by molar-refractivity contribution is 5.75. The SMILES string of the molecule is Nc1ccccc1-c1cnn(-c2cnccn2)c1. The van der Waals surface area contributed by atoms with Crippen molar-refractivity contribution in [1.82, 2.24) is 19.7 Å². The molecule has 0 saturated heterocycles. The van der Waals surface area contributed by atoms with Crippen LogP contribution in [0.4, 0.5) is 5.69 Å². The van der Waals surface area contributed by atoms with Crippen LogP contribution in [-0.2, 0) is 0 Å². The fraction of sp³-hybridized carbons (Fsp3) is 0. The van der Waals surface area contributed by atoms with Gasteiger partial charge in [-0.2, -0.15) is 5.10 Å². The summed E-state index contributed by atoms with van der Waals surface area (Å²) in [4.78, 5) is 8.20. The molecule has 0 bridgehead atoms. The van der Waals surface area contributed by atoms with E-state index in [0.29, 0.717) is 5.82 Å². The van der Waals surface area contributed by atoms with E-state index in [-0.39, 0.29) is 0 Å². The van der Waals surface area contributed by atoms with Crippen molar-refractivity contribution < 1.29 is 0 Å². The Morgan fingerprint density at radius 2 is 1.94 bits per heavy atom. The summed E-state index contributed by atoms with van der Waals surface area (Å²) >= 11 is 0. The first-order chi connectivity index (χ1) is 8.84. The maximum Gasteiger partial charge on any atom is 0.171 e. The van der Waals surface area contributed by atoms with Gasteiger partial charge in [0.15, 0.2) is 5.82 Å². The topological polar surface area (TPSA) is 69.6 Å². The van der Waals surface area contributed by atoms with Crippen molar-refractivity contribution in [2.45, 2.75) is 0 Å². The largest absolute Gasteiger partial charge is 0.398 e. The summed E-state index contributed by atoms with van der Waals surface area (Å²) < 4.78 is 1.68. The summed E-state index contributed by atoms with van der Waals surface area (Å²) in [5.74, 6) is 0.679. The van der Waals surface area contributed by atoms with Crippen LogP contribution in [0.1, 0.15) is 0 Å². The zero-order valence-electron chi connectivity index (χ0n) is 9.56. The maximum atomic E-state index is 5.94. The molecular formula is C13H11N5. The number of para-hydroxylation sites is 1. The molecule has 0 atom stereocenters. The van der Waals surface area contributed by atoms with Gasteiger partial charge in [0.2, 0.25) is 0 Å². The van der Waals surface area contributed by atoms with Crippen LogP contribution in [0.2, 0.25) is 0 Å². The molecule has 3 rings (SSSR count). The van der Waals surface area contributed by atoms with Crippen LogP contribution in [0.5, 0.6) is 0 Å². The van der Waals surface area contributed by atoms with E-state index < -0.39 is 0 Å². The zero-order chi connectivity index (χ0) is 12.4. The van der Waals surface area contributed by atoms with E-state index in [4.69, 9.17) is 5.73 Å². The summed E-state index contributed by atoms with van der Waals surface area (Å²) in [6.07, 6.45) is 8.57. The first-order valence-corrected chi connectivity index (χ1v) is 5.50. The Morgan fingerprint density at radius 1 is 1.06 bits per heavy atom. The first kappa shape index (κ1) is 10.5. The molecule has 5 nitrogen and oxygen atoms in total. The molecule has 88 valence electrons. The average Bonchev–Trinajstić information content (AvgIpc) is 2.90. The van der Waals surface area contributed by atoms with E-state index in [0.717, 1.165) is 16.8 Å². The Balaban J connectivity index is 2.03. The minimum Gasteiger partial charge on any atom is -0.398 e. The minimum atomic E-state index is 0.679. The third-order valence-corrected chi connectivity index (χ3v) is 2.64. The van der Waals surface area contributed by atoms with Gasteiger partial charge in [0.1, 0.15) is 0 Å². The molecule has 0 radical (unpaired) electrons. The maximum absolute atomic E-state index is 5.94. The second-order valence-electron chi connectivity index (χ2n) is 3.82. The van der Waals surface area contributed by atoms with E-state index in [1.54, 1.807) is 29.5 Å². The van der Waals surface area contributed by atoms with E-state index in [1.165, 1.54) is 0 Å². The number of hydrogen-bond donors (Lipinski definition) is 1. The van der Waals surface area contributed by atoms with Gasteiger partial charge in [-0.25, -0.2) is 9.67 Å². The molecule has 0 saturated carbocycles. The van der Waals surface area contributed by atoms with E-state index in [9.17, 15) is 0 Å². The Bertz CT molecular complexity index is 660. The molecular weight excluding hydrogens is 226 g/mol. The van der Waals surface area contributed by atoms with Crippen LogP contribution in [0, 0.1) is 0 Å². The van der Waals surface area contributed by atoms with Gasteiger partial charge in [-0.3, -0.25) is 4.98 Å². The molecule has 0 aliphatic heterocycles. The van der Waals surface area contributed by atoms with Crippen LogP contribution in [0.25, 0.3) is 16.9 Å². The predicted molar refractivity (Wildman–Crippen MR) is 69.0 cm³/mol. The Labute approximate surface area is 104 Å². The van der Waals surface area contributed by atoms with Crippen molar-refractivity contribution in [3.63, 3.8) is 0 Å². The molecule has 18 heavy (non-hydrogen) atoms. The number of aromatic nitrogens is 4. The lowest BCUT2D eigenvalue weighted by Crippen LogP contribution is -1.97. The number of hydrogen-bond acceptors (Lipinski definition) is 4. The van der Waals surface area contributed by atoms with Crippen molar-refractivity contribution in [1.29, 1.82) is 0 Å². The van der Waals surface area contributed by atoms with Crippen molar-refractivity contribution in [3.8, 4) is 16.9 Å². The average molecular weight is 237 g/mol. The molecule has 0 spiro atoms. The summed E-state index contributed by atoms with van der Waals surface area (Å²) in [5, 5.41) is 4.26. The molecule has 2 heterocycles. The molecule has 5 heteroatoms. The quantitative estimate of drug-likeness (QED) is 0.691. The number of nitrogen functional groups attached to an aromatic ring is 1. The Kier molecular flexibility index (Phi) is 2.49. The van der Waals surface area contributed by atoms with Gasteiger partial charge < -0.3 is 5.73 Å². The molecule has 0 aliphatic rings. The van der Waals surface area contributed by atoms with Gasteiger partial charge in [-0.1, -0.05) is 18.2 Å². The second-order valence-corrected chi connectivity index (χ2v) is 3.82. The predicted octanol–water partition coefficient (Wildman–Crippen LogP) is 1.91. The fourth-order valence-electron chi connectivity index (χ4n) is 1.76. The number of anilines is 1. The third-order valence-electron chi connectivity index (χ3n) is 2.64. The van der Waals surface area contributed by atoms with Gasteiger partial charge in [0.05, 0.1) is 12.4 Å². The third kappa shape index (κ3) is 1.82. The Hall–Kier alpha value is -2.69. The van der Waals surface area contributed by atoms with Crippen molar-refractivity contribution >= 4 is 5.69 Å². The van der Waals surface area contributed by atoms with Crippen molar-refractivity contribution in [3.05, 3.63) is 55.2 Å². The molecule has 2 aromatic heterocycles. The lowest BCUT2D eigenvalue weighted by Gasteiger charge is -2.01. The van der Waals surface area contributed by atoms with E-state index in [1.807, 2.05) is 30.5 Å². The molecule has 0 fully saturated rings. The van der Waals surface area contributed by atoms with Crippen molar-refractivity contribution in [2.75, 3.05) is 5.73 Å². The molecule has 2 N–H and O–H groups in total.